The fourth-order valence-corrected chi connectivity index (χ4v) is 5.40. The van der Waals surface area contributed by atoms with E-state index in [0.717, 1.165) is 41.3 Å². The molecule has 1 atom stereocenters. The summed E-state index contributed by atoms with van der Waals surface area (Å²) in [6, 6.07) is 12.5. The fraction of sp³-hybridized carbons (Fsp3) is 0.480. The lowest BCUT2D eigenvalue weighted by Gasteiger charge is -2.29. The Hall–Kier alpha value is -2.58. The minimum atomic E-state index is -3.73. The first kappa shape index (κ1) is 25.1. The number of aryl methyl sites for hydroxylation is 1. The SMILES string of the molecule is COc1ccc(C)cc1N([C@@H](C)C(=O)NCc1ccc(CN2CCCCC2)cc1)S(C)(=O)=O. The maximum absolute atomic E-state index is 12.9. The Morgan fingerprint density at radius 3 is 2.33 bits per heavy atom. The number of methoxy groups -OCH3 is 1. The molecule has 0 spiro atoms. The molecule has 0 saturated carbocycles. The van der Waals surface area contributed by atoms with Crippen LogP contribution in [0.5, 0.6) is 5.75 Å². The zero-order chi connectivity index (χ0) is 24.0. The first-order chi connectivity index (χ1) is 15.7. The second-order valence-corrected chi connectivity index (χ2v) is 10.6. The van der Waals surface area contributed by atoms with Crippen molar-refractivity contribution >= 4 is 21.6 Å². The van der Waals surface area contributed by atoms with Crippen LogP contribution in [0, 0.1) is 6.92 Å². The number of piperidine rings is 1. The van der Waals surface area contributed by atoms with Gasteiger partial charge in [0.1, 0.15) is 11.8 Å². The normalized spacial score (nSPS) is 15.6. The van der Waals surface area contributed by atoms with Gasteiger partial charge in [0.05, 0.1) is 19.1 Å². The maximum Gasteiger partial charge on any atom is 0.243 e. The van der Waals surface area contributed by atoms with Crippen LogP contribution in [0.2, 0.25) is 0 Å². The topological polar surface area (TPSA) is 79.0 Å². The molecule has 2 aromatic rings. The molecule has 1 N–H and O–H groups in total. The van der Waals surface area contributed by atoms with E-state index in [2.05, 4.69) is 22.3 Å². The number of rotatable bonds is 9. The smallest absolute Gasteiger partial charge is 0.243 e. The number of hydrogen-bond acceptors (Lipinski definition) is 5. The van der Waals surface area contributed by atoms with Gasteiger partial charge in [-0.15, -0.1) is 0 Å². The van der Waals surface area contributed by atoms with Crippen molar-refractivity contribution in [2.24, 2.45) is 0 Å². The van der Waals surface area contributed by atoms with Crippen molar-refractivity contribution in [3.05, 3.63) is 59.2 Å². The molecule has 1 aliphatic heterocycles. The summed E-state index contributed by atoms with van der Waals surface area (Å²) in [7, 11) is -2.25. The van der Waals surface area contributed by atoms with Gasteiger partial charge >= 0.3 is 0 Å². The fourth-order valence-electron chi connectivity index (χ4n) is 4.23. The molecule has 8 heteroatoms. The standard InChI is InChI=1S/C25H35N3O4S/c1-19-8-13-24(32-3)23(16-19)28(33(4,30)31)20(2)25(29)26-17-21-9-11-22(12-10-21)18-27-14-6-5-7-15-27/h8-13,16,20H,5-7,14-15,17-18H2,1-4H3,(H,26,29)/t20-/m0/s1. The Bertz CT molecular complexity index is 1050. The number of nitrogens with one attached hydrogen (secondary N) is 1. The van der Waals surface area contributed by atoms with E-state index in [4.69, 9.17) is 4.74 Å². The highest BCUT2D eigenvalue weighted by Crippen LogP contribution is 2.32. The van der Waals surface area contributed by atoms with Crippen LogP contribution >= 0.6 is 0 Å². The van der Waals surface area contributed by atoms with E-state index in [9.17, 15) is 13.2 Å². The van der Waals surface area contributed by atoms with Gasteiger partial charge in [0.2, 0.25) is 15.9 Å². The molecule has 1 amide bonds. The first-order valence-corrected chi connectivity index (χ1v) is 13.3. The number of likely N-dealkylation sites (tertiary alicyclic amines) is 1. The van der Waals surface area contributed by atoms with E-state index < -0.39 is 16.1 Å². The van der Waals surface area contributed by atoms with Crippen LogP contribution < -0.4 is 14.4 Å². The van der Waals surface area contributed by atoms with E-state index in [1.807, 2.05) is 25.1 Å². The molecule has 1 aliphatic rings. The van der Waals surface area contributed by atoms with Gasteiger partial charge in [0, 0.05) is 13.1 Å². The molecule has 1 saturated heterocycles. The lowest BCUT2D eigenvalue weighted by atomic mass is 10.1. The van der Waals surface area contributed by atoms with Crippen LogP contribution in [0.3, 0.4) is 0 Å². The van der Waals surface area contributed by atoms with Gasteiger partial charge < -0.3 is 10.1 Å². The van der Waals surface area contributed by atoms with Crippen molar-refractivity contribution in [2.45, 2.75) is 52.2 Å². The van der Waals surface area contributed by atoms with Crippen molar-refractivity contribution in [1.29, 1.82) is 0 Å². The predicted molar refractivity (Wildman–Crippen MR) is 132 cm³/mol. The van der Waals surface area contributed by atoms with Crippen molar-refractivity contribution in [1.82, 2.24) is 10.2 Å². The number of benzene rings is 2. The molecule has 33 heavy (non-hydrogen) atoms. The Morgan fingerprint density at radius 1 is 1.09 bits per heavy atom. The minimum Gasteiger partial charge on any atom is -0.495 e. The lowest BCUT2D eigenvalue weighted by Crippen LogP contribution is -2.47. The van der Waals surface area contributed by atoms with Crippen molar-refractivity contribution in [3.8, 4) is 5.75 Å². The summed E-state index contributed by atoms with van der Waals surface area (Å²) in [4.78, 5) is 15.4. The number of amides is 1. The first-order valence-electron chi connectivity index (χ1n) is 11.4. The van der Waals surface area contributed by atoms with E-state index in [0.29, 0.717) is 18.0 Å². The third-order valence-corrected chi connectivity index (χ3v) is 7.23. The van der Waals surface area contributed by atoms with Crippen molar-refractivity contribution in [2.75, 3.05) is 30.8 Å². The van der Waals surface area contributed by atoms with Gasteiger partial charge in [-0.25, -0.2) is 8.42 Å². The third-order valence-electron chi connectivity index (χ3n) is 6.00. The Balaban J connectivity index is 1.66. The number of ether oxygens (including phenoxy) is 1. The number of carbonyl (C=O) groups excluding carboxylic acids is 1. The van der Waals surface area contributed by atoms with E-state index in [-0.39, 0.29) is 5.91 Å². The largest absolute Gasteiger partial charge is 0.495 e. The van der Waals surface area contributed by atoms with Gasteiger partial charge in [-0.3, -0.25) is 14.0 Å². The van der Waals surface area contributed by atoms with Gasteiger partial charge in [-0.2, -0.15) is 0 Å². The van der Waals surface area contributed by atoms with Crippen LogP contribution in [-0.2, 0) is 27.9 Å². The van der Waals surface area contributed by atoms with Crippen LogP contribution in [0.15, 0.2) is 42.5 Å². The summed E-state index contributed by atoms with van der Waals surface area (Å²) in [5, 5.41) is 2.88. The number of nitrogens with zero attached hydrogens (tertiary/aromatic N) is 2. The Kier molecular flexibility index (Phi) is 8.37. The summed E-state index contributed by atoms with van der Waals surface area (Å²) in [6.07, 6.45) is 4.95. The summed E-state index contributed by atoms with van der Waals surface area (Å²) in [6.45, 7) is 7.03. The van der Waals surface area contributed by atoms with Crippen LogP contribution in [0.4, 0.5) is 5.69 Å². The molecule has 2 aromatic carbocycles. The summed E-state index contributed by atoms with van der Waals surface area (Å²) < 4.78 is 31.7. The highest BCUT2D eigenvalue weighted by atomic mass is 32.2. The number of sulfonamides is 1. The highest BCUT2D eigenvalue weighted by molar-refractivity contribution is 7.92. The van der Waals surface area contributed by atoms with E-state index >= 15 is 0 Å². The molecule has 0 aromatic heterocycles. The second kappa shape index (κ2) is 11.0. The predicted octanol–water partition coefficient (Wildman–Crippen LogP) is 3.46. The molecule has 0 aliphatic carbocycles. The third kappa shape index (κ3) is 6.71. The monoisotopic (exact) mass is 473 g/mol. The van der Waals surface area contributed by atoms with Crippen LogP contribution in [-0.4, -0.2) is 51.7 Å². The number of anilines is 1. The summed E-state index contributed by atoms with van der Waals surface area (Å²) in [5.41, 5.74) is 3.45. The van der Waals surface area contributed by atoms with Crippen molar-refractivity contribution in [3.63, 3.8) is 0 Å². The molecular formula is C25H35N3O4S. The Morgan fingerprint density at radius 2 is 1.73 bits per heavy atom. The molecule has 180 valence electrons. The van der Waals surface area contributed by atoms with Crippen molar-refractivity contribution < 1.29 is 17.9 Å². The van der Waals surface area contributed by atoms with Gasteiger partial charge in [-0.05, 0) is 68.6 Å². The second-order valence-electron chi connectivity index (χ2n) is 8.78. The van der Waals surface area contributed by atoms with Gasteiger partial charge in [0.25, 0.3) is 0 Å². The average Bonchev–Trinajstić information content (AvgIpc) is 2.78. The van der Waals surface area contributed by atoms with E-state index in [1.54, 1.807) is 19.1 Å². The summed E-state index contributed by atoms with van der Waals surface area (Å²) in [5.74, 6) is 0.0244. The lowest BCUT2D eigenvalue weighted by molar-refractivity contribution is -0.122. The molecular weight excluding hydrogens is 438 g/mol. The molecule has 0 unspecified atom stereocenters. The number of carbonyl (C=O) groups is 1. The zero-order valence-corrected chi connectivity index (χ0v) is 20.8. The quantitative estimate of drug-likeness (QED) is 0.603. The summed E-state index contributed by atoms with van der Waals surface area (Å²) >= 11 is 0. The van der Waals surface area contributed by atoms with Crippen LogP contribution in [0.25, 0.3) is 0 Å². The van der Waals surface area contributed by atoms with Gasteiger partial charge in [-0.1, -0.05) is 36.8 Å². The molecule has 7 nitrogen and oxygen atoms in total. The zero-order valence-electron chi connectivity index (χ0n) is 20.0. The average molecular weight is 474 g/mol. The van der Waals surface area contributed by atoms with Crippen LogP contribution in [0.1, 0.15) is 42.9 Å². The molecule has 1 heterocycles. The van der Waals surface area contributed by atoms with Gasteiger partial charge in [0.15, 0.2) is 0 Å². The Labute approximate surface area is 197 Å². The minimum absolute atomic E-state index is 0.329. The molecule has 0 radical (unpaired) electrons. The highest BCUT2D eigenvalue weighted by Gasteiger charge is 2.31. The molecule has 1 fully saturated rings. The van der Waals surface area contributed by atoms with E-state index in [1.165, 1.54) is 31.9 Å². The molecule has 3 rings (SSSR count). The number of hydrogen-bond donors (Lipinski definition) is 1. The molecule has 0 bridgehead atoms. The maximum atomic E-state index is 12.9.